The summed E-state index contributed by atoms with van der Waals surface area (Å²) in [5.74, 6) is -0.0646. The third-order valence-electron chi connectivity index (χ3n) is 3.58. The number of amides is 3. The monoisotopic (exact) mass is 272 g/mol. The van der Waals surface area contributed by atoms with Gasteiger partial charge in [0.05, 0.1) is 0 Å². The van der Waals surface area contributed by atoms with Gasteiger partial charge in [-0.2, -0.15) is 0 Å². The van der Waals surface area contributed by atoms with Crippen LogP contribution in [-0.2, 0) is 4.79 Å². The molecule has 1 rings (SSSR count). The topological polar surface area (TPSA) is 81.1 Å². The second-order valence-corrected chi connectivity index (χ2v) is 5.80. The normalized spacial score (nSPS) is 27.4. The Morgan fingerprint density at radius 3 is 2.00 bits per heavy atom. The van der Waals surface area contributed by atoms with E-state index >= 15 is 0 Å². The quantitative estimate of drug-likeness (QED) is 0.735. The van der Waals surface area contributed by atoms with Crippen LogP contribution in [0.3, 0.4) is 0 Å². The minimum Gasteiger partial charge on any atom is -0.374 e. The predicted octanol–water partition coefficient (Wildman–Crippen LogP) is 1.12. The van der Waals surface area contributed by atoms with Crippen LogP contribution >= 0.6 is 0 Å². The number of hydrogen-bond acceptors (Lipinski definition) is 4. The fourth-order valence-corrected chi connectivity index (χ4v) is 2.48. The zero-order chi connectivity index (χ0) is 15.0. The van der Waals surface area contributed by atoms with Crippen LogP contribution in [0.4, 0.5) is 4.79 Å². The molecule has 2 N–H and O–H groups in total. The van der Waals surface area contributed by atoms with E-state index in [9.17, 15) is 19.8 Å². The van der Waals surface area contributed by atoms with Gasteiger partial charge in [-0.25, -0.2) is 9.69 Å². The molecular formula is C13H24N2O4. The van der Waals surface area contributed by atoms with Gasteiger partial charge in [-0.15, -0.1) is 0 Å². The highest BCUT2D eigenvalue weighted by Crippen LogP contribution is 2.35. The van der Waals surface area contributed by atoms with Gasteiger partial charge in [0.25, 0.3) is 5.91 Å². The SMILES string of the molecule is CC(C)CCC1(C)C(=O)N(C(C)O)C(=O)N1C(C)O. The summed E-state index contributed by atoms with van der Waals surface area (Å²) in [6.07, 6.45) is -1.05. The molecule has 0 radical (unpaired) electrons. The molecule has 110 valence electrons. The lowest BCUT2D eigenvalue weighted by atomic mass is 9.90. The summed E-state index contributed by atoms with van der Waals surface area (Å²) < 4.78 is 0. The summed E-state index contributed by atoms with van der Waals surface area (Å²) in [7, 11) is 0. The summed E-state index contributed by atoms with van der Waals surface area (Å²) in [5, 5.41) is 19.4. The molecule has 0 aromatic carbocycles. The van der Waals surface area contributed by atoms with Crippen molar-refractivity contribution in [2.24, 2.45) is 5.92 Å². The van der Waals surface area contributed by atoms with E-state index < -0.39 is 29.9 Å². The Labute approximate surface area is 114 Å². The zero-order valence-corrected chi connectivity index (χ0v) is 12.3. The molecule has 19 heavy (non-hydrogen) atoms. The fourth-order valence-electron chi connectivity index (χ4n) is 2.48. The maximum Gasteiger partial charge on any atom is 0.331 e. The molecule has 3 atom stereocenters. The summed E-state index contributed by atoms with van der Waals surface area (Å²) in [5.41, 5.74) is -1.09. The van der Waals surface area contributed by atoms with Crippen molar-refractivity contribution in [3.63, 3.8) is 0 Å². The molecule has 0 aromatic rings. The number of urea groups is 1. The van der Waals surface area contributed by atoms with Crippen molar-refractivity contribution in [3.8, 4) is 0 Å². The first-order valence-corrected chi connectivity index (χ1v) is 6.66. The van der Waals surface area contributed by atoms with Crippen LogP contribution in [-0.4, -0.2) is 49.9 Å². The van der Waals surface area contributed by atoms with Crippen LogP contribution in [0.25, 0.3) is 0 Å². The smallest absolute Gasteiger partial charge is 0.331 e. The van der Waals surface area contributed by atoms with Crippen LogP contribution in [0.5, 0.6) is 0 Å². The number of aliphatic hydroxyl groups excluding tert-OH is 2. The Kier molecular flexibility index (Phi) is 4.58. The highest BCUT2D eigenvalue weighted by molar-refractivity contribution is 6.07. The van der Waals surface area contributed by atoms with Gasteiger partial charge >= 0.3 is 6.03 Å². The molecule has 0 bridgehead atoms. The number of carbonyl (C=O) groups excluding carboxylic acids is 2. The van der Waals surface area contributed by atoms with E-state index in [-0.39, 0.29) is 0 Å². The van der Waals surface area contributed by atoms with E-state index in [2.05, 4.69) is 0 Å². The largest absolute Gasteiger partial charge is 0.374 e. The Morgan fingerprint density at radius 2 is 1.63 bits per heavy atom. The van der Waals surface area contributed by atoms with E-state index in [1.807, 2.05) is 13.8 Å². The van der Waals surface area contributed by atoms with Crippen molar-refractivity contribution in [3.05, 3.63) is 0 Å². The standard InChI is InChI=1S/C13H24N2O4/c1-8(2)6-7-13(5)11(18)14(9(3)16)12(19)15(13)10(4)17/h8-10,16-17H,6-7H2,1-5H3. The minimum absolute atomic E-state index is 0.385. The molecule has 3 amide bonds. The second-order valence-electron chi connectivity index (χ2n) is 5.80. The van der Waals surface area contributed by atoms with Crippen molar-refractivity contribution < 1.29 is 19.8 Å². The maximum atomic E-state index is 12.4. The fraction of sp³-hybridized carbons (Fsp3) is 0.846. The number of carbonyl (C=O) groups is 2. The van der Waals surface area contributed by atoms with Crippen molar-refractivity contribution in [2.75, 3.05) is 0 Å². The van der Waals surface area contributed by atoms with E-state index in [4.69, 9.17) is 0 Å². The van der Waals surface area contributed by atoms with Gasteiger partial charge in [0.15, 0.2) is 0 Å². The van der Waals surface area contributed by atoms with Gasteiger partial charge in [0, 0.05) is 0 Å². The van der Waals surface area contributed by atoms with E-state index in [0.717, 1.165) is 16.2 Å². The molecule has 0 aromatic heterocycles. The van der Waals surface area contributed by atoms with Gasteiger partial charge < -0.3 is 10.2 Å². The van der Waals surface area contributed by atoms with Gasteiger partial charge in [0.1, 0.15) is 18.0 Å². The summed E-state index contributed by atoms with van der Waals surface area (Å²) in [6.45, 7) is 8.52. The lowest BCUT2D eigenvalue weighted by Gasteiger charge is -2.34. The van der Waals surface area contributed by atoms with Crippen molar-refractivity contribution >= 4 is 11.9 Å². The molecule has 6 heteroatoms. The number of nitrogens with zero attached hydrogens (tertiary/aromatic N) is 2. The van der Waals surface area contributed by atoms with Crippen molar-refractivity contribution in [1.82, 2.24) is 9.80 Å². The van der Waals surface area contributed by atoms with Gasteiger partial charge in [-0.3, -0.25) is 9.69 Å². The number of hydrogen-bond donors (Lipinski definition) is 2. The molecule has 0 aliphatic carbocycles. The van der Waals surface area contributed by atoms with Gasteiger partial charge in [0.2, 0.25) is 0 Å². The highest BCUT2D eigenvalue weighted by Gasteiger charge is 2.56. The first kappa shape index (κ1) is 15.9. The lowest BCUT2D eigenvalue weighted by molar-refractivity contribution is -0.140. The van der Waals surface area contributed by atoms with E-state index in [1.54, 1.807) is 6.92 Å². The highest BCUT2D eigenvalue weighted by atomic mass is 16.3. The van der Waals surface area contributed by atoms with Crippen LogP contribution in [0, 0.1) is 5.92 Å². The lowest BCUT2D eigenvalue weighted by Crippen LogP contribution is -2.51. The Balaban J connectivity index is 3.11. The van der Waals surface area contributed by atoms with Crippen LogP contribution in [0.1, 0.15) is 47.5 Å². The first-order valence-electron chi connectivity index (χ1n) is 6.66. The maximum absolute atomic E-state index is 12.4. The Bertz CT molecular complexity index is 368. The molecular weight excluding hydrogens is 248 g/mol. The molecule has 6 nitrogen and oxygen atoms in total. The minimum atomic E-state index is -1.19. The van der Waals surface area contributed by atoms with Crippen LogP contribution in [0.15, 0.2) is 0 Å². The molecule has 1 heterocycles. The molecule has 1 fully saturated rings. The van der Waals surface area contributed by atoms with E-state index in [0.29, 0.717) is 12.3 Å². The molecule has 0 spiro atoms. The molecule has 1 aliphatic heterocycles. The summed E-state index contributed by atoms with van der Waals surface area (Å²) in [4.78, 5) is 26.5. The van der Waals surface area contributed by atoms with Gasteiger partial charge in [-0.1, -0.05) is 13.8 Å². The average Bonchev–Trinajstić information content (AvgIpc) is 2.44. The zero-order valence-electron chi connectivity index (χ0n) is 12.3. The number of rotatable bonds is 5. The molecule has 1 aliphatic rings. The first-order chi connectivity index (χ1) is 8.62. The Hall–Kier alpha value is -1.14. The van der Waals surface area contributed by atoms with Crippen LogP contribution < -0.4 is 0 Å². The van der Waals surface area contributed by atoms with Crippen molar-refractivity contribution in [2.45, 2.75) is 65.5 Å². The van der Waals surface area contributed by atoms with Crippen LogP contribution in [0.2, 0.25) is 0 Å². The number of aliphatic hydroxyl groups is 2. The number of imide groups is 1. The second kappa shape index (κ2) is 5.46. The summed E-state index contributed by atoms with van der Waals surface area (Å²) in [6, 6.07) is -0.638. The molecule has 0 saturated carbocycles. The third kappa shape index (κ3) is 2.74. The van der Waals surface area contributed by atoms with Gasteiger partial charge in [-0.05, 0) is 39.5 Å². The Morgan fingerprint density at radius 1 is 1.11 bits per heavy atom. The average molecular weight is 272 g/mol. The molecule has 3 unspecified atom stereocenters. The molecule has 1 saturated heterocycles. The predicted molar refractivity (Wildman–Crippen MR) is 69.9 cm³/mol. The van der Waals surface area contributed by atoms with Crippen molar-refractivity contribution in [1.29, 1.82) is 0 Å². The third-order valence-corrected chi connectivity index (χ3v) is 3.58. The van der Waals surface area contributed by atoms with E-state index in [1.165, 1.54) is 13.8 Å². The summed E-state index contributed by atoms with van der Waals surface area (Å²) >= 11 is 0.